The fraction of sp³-hybridized carbons (Fsp3) is 0.577. The van der Waals surface area contributed by atoms with E-state index < -0.39 is 35.9 Å². The van der Waals surface area contributed by atoms with Gasteiger partial charge < -0.3 is 15.0 Å². The number of hydrogen-bond donors (Lipinski definition) is 1. The molecular weight excluding hydrogens is 437 g/mol. The largest absolute Gasteiger partial charge is 0.444 e. The first-order valence-electron chi connectivity index (χ1n) is 12.0. The predicted molar refractivity (Wildman–Crippen MR) is 129 cm³/mol. The number of benzene rings is 1. The van der Waals surface area contributed by atoms with Crippen molar-refractivity contribution in [2.45, 2.75) is 77.7 Å². The fourth-order valence-electron chi connectivity index (χ4n) is 4.38. The first-order chi connectivity index (χ1) is 15.9. The second kappa shape index (κ2) is 10.6. The van der Waals surface area contributed by atoms with E-state index in [1.807, 2.05) is 38.1 Å². The number of fused-ring (bicyclic) bond motifs is 1. The van der Waals surface area contributed by atoms with E-state index >= 15 is 0 Å². The zero-order chi connectivity index (χ0) is 25.0. The number of halogens is 1. The lowest BCUT2D eigenvalue weighted by Crippen LogP contribution is -2.49. The van der Waals surface area contributed by atoms with Crippen LogP contribution >= 0.6 is 0 Å². The van der Waals surface area contributed by atoms with Crippen molar-refractivity contribution >= 4 is 23.6 Å². The smallest absolute Gasteiger partial charge is 0.411 e. The van der Waals surface area contributed by atoms with Crippen molar-refractivity contribution in [2.75, 3.05) is 18.0 Å². The van der Waals surface area contributed by atoms with E-state index in [2.05, 4.69) is 5.32 Å². The molecule has 0 aliphatic carbocycles. The van der Waals surface area contributed by atoms with Crippen LogP contribution in [0, 0.1) is 5.92 Å². The maximum atomic E-state index is 14.2. The third-order valence-corrected chi connectivity index (χ3v) is 5.86. The van der Waals surface area contributed by atoms with Gasteiger partial charge in [0.25, 0.3) is 5.91 Å². The molecule has 186 valence electrons. The predicted octanol–water partition coefficient (Wildman–Crippen LogP) is 4.01. The molecule has 34 heavy (non-hydrogen) atoms. The Balaban J connectivity index is 1.68. The van der Waals surface area contributed by atoms with Gasteiger partial charge in [-0.05, 0) is 51.2 Å². The summed E-state index contributed by atoms with van der Waals surface area (Å²) in [5.74, 6) is -0.342. The number of likely N-dealkylation sites (tertiary alicyclic amines) is 1. The molecular formula is C26H36FN3O4. The van der Waals surface area contributed by atoms with Gasteiger partial charge in [-0.25, -0.2) is 9.18 Å². The topological polar surface area (TPSA) is 79.0 Å². The first kappa shape index (κ1) is 25.7. The minimum absolute atomic E-state index is 0.0767. The van der Waals surface area contributed by atoms with Crippen molar-refractivity contribution in [3.63, 3.8) is 0 Å². The van der Waals surface area contributed by atoms with E-state index in [0.29, 0.717) is 13.0 Å². The van der Waals surface area contributed by atoms with Gasteiger partial charge in [-0.3, -0.25) is 14.5 Å². The number of rotatable bonds is 6. The van der Waals surface area contributed by atoms with E-state index in [0.717, 1.165) is 22.6 Å². The quantitative estimate of drug-likeness (QED) is 0.633. The Kier molecular flexibility index (Phi) is 8.00. The lowest BCUT2D eigenvalue weighted by Gasteiger charge is -2.28. The molecule has 3 amide bonds. The van der Waals surface area contributed by atoms with Crippen LogP contribution < -0.4 is 10.2 Å². The van der Waals surface area contributed by atoms with E-state index in [1.54, 1.807) is 31.7 Å². The summed E-state index contributed by atoms with van der Waals surface area (Å²) in [6.45, 7) is 9.66. The molecule has 1 N–H and O–H groups in total. The lowest BCUT2D eigenvalue weighted by molar-refractivity contribution is -0.126. The number of nitrogens with one attached hydrogen (secondary N) is 1. The summed E-state index contributed by atoms with van der Waals surface area (Å²) < 4.78 is 19.5. The van der Waals surface area contributed by atoms with Crippen LogP contribution in [-0.2, 0) is 20.7 Å². The van der Waals surface area contributed by atoms with Crippen LogP contribution in [0.5, 0.6) is 0 Å². The normalized spacial score (nSPS) is 21.1. The van der Waals surface area contributed by atoms with Crippen LogP contribution in [0.1, 0.15) is 53.0 Å². The molecule has 3 atom stereocenters. The van der Waals surface area contributed by atoms with Gasteiger partial charge in [0.05, 0.1) is 6.54 Å². The molecule has 0 unspecified atom stereocenters. The Morgan fingerprint density at radius 2 is 1.94 bits per heavy atom. The number of ether oxygens (including phenoxy) is 1. The Morgan fingerprint density at radius 3 is 2.62 bits per heavy atom. The molecule has 0 spiro atoms. The van der Waals surface area contributed by atoms with Crippen molar-refractivity contribution in [2.24, 2.45) is 5.92 Å². The van der Waals surface area contributed by atoms with Crippen molar-refractivity contribution in [1.29, 1.82) is 0 Å². The molecule has 3 rings (SSSR count). The monoisotopic (exact) mass is 473 g/mol. The van der Waals surface area contributed by atoms with Crippen molar-refractivity contribution in [1.82, 2.24) is 10.2 Å². The molecule has 1 saturated heterocycles. The van der Waals surface area contributed by atoms with E-state index in [9.17, 15) is 18.8 Å². The molecule has 2 heterocycles. The molecule has 1 aromatic rings. The molecule has 1 aromatic carbocycles. The van der Waals surface area contributed by atoms with Gasteiger partial charge in [0, 0.05) is 30.8 Å². The zero-order valence-corrected chi connectivity index (χ0v) is 20.7. The van der Waals surface area contributed by atoms with E-state index in [4.69, 9.17) is 4.74 Å². The lowest BCUT2D eigenvalue weighted by atomic mass is 10.0. The maximum absolute atomic E-state index is 14.2. The van der Waals surface area contributed by atoms with Gasteiger partial charge in [0.15, 0.2) is 0 Å². The second-order valence-corrected chi connectivity index (χ2v) is 10.5. The summed E-state index contributed by atoms with van der Waals surface area (Å²) in [5, 5.41) is 2.91. The van der Waals surface area contributed by atoms with Crippen LogP contribution in [0.4, 0.5) is 14.9 Å². The average Bonchev–Trinajstić information content (AvgIpc) is 3.34. The summed E-state index contributed by atoms with van der Waals surface area (Å²) >= 11 is 0. The third kappa shape index (κ3) is 6.58. The highest BCUT2D eigenvalue weighted by atomic mass is 19.1. The number of hydrogen-bond acceptors (Lipinski definition) is 4. The maximum Gasteiger partial charge on any atom is 0.411 e. The molecule has 2 aliphatic heterocycles. The molecule has 2 aliphatic rings. The van der Waals surface area contributed by atoms with Crippen molar-refractivity contribution in [3.05, 3.63) is 42.0 Å². The van der Waals surface area contributed by atoms with Gasteiger partial charge in [-0.15, -0.1) is 0 Å². The number of alkyl halides is 1. The highest BCUT2D eigenvalue weighted by molar-refractivity contribution is 6.03. The summed E-state index contributed by atoms with van der Waals surface area (Å²) in [4.78, 5) is 41.4. The molecule has 0 saturated carbocycles. The molecule has 0 bridgehead atoms. The van der Waals surface area contributed by atoms with Gasteiger partial charge in [-0.2, -0.15) is 0 Å². The van der Waals surface area contributed by atoms with Crippen LogP contribution in [0.2, 0.25) is 0 Å². The van der Waals surface area contributed by atoms with Gasteiger partial charge in [0.2, 0.25) is 5.91 Å². The second-order valence-electron chi connectivity index (χ2n) is 10.5. The number of nitrogens with zero attached hydrogens (tertiary/aromatic N) is 2. The van der Waals surface area contributed by atoms with Crippen LogP contribution in [0.25, 0.3) is 0 Å². The Bertz CT molecular complexity index is 940. The minimum atomic E-state index is -1.29. The van der Waals surface area contributed by atoms with Crippen LogP contribution in [-0.4, -0.2) is 59.8 Å². The standard InChI is InChI=1S/C26H36FN3O4/c1-17(2)14-20(10-11-23(31)29-13-12-18-8-6-7-9-21(18)29)28-24(32)22-15-19(27)16-30(22)25(33)34-26(3,4)5/h6-11,17,19-20,22H,12-16H2,1-5H3,(H,28,32)/t19-,20+,22-/m0/s1. The van der Waals surface area contributed by atoms with Crippen molar-refractivity contribution < 1.29 is 23.5 Å². The summed E-state index contributed by atoms with van der Waals surface area (Å²) in [5.41, 5.74) is 1.30. The minimum Gasteiger partial charge on any atom is -0.444 e. The summed E-state index contributed by atoms with van der Waals surface area (Å²) in [6.07, 6.45) is 2.53. The first-order valence-corrected chi connectivity index (χ1v) is 12.0. The Morgan fingerprint density at radius 1 is 1.24 bits per heavy atom. The van der Waals surface area contributed by atoms with Crippen molar-refractivity contribution in [3.8, 4) is 0 Å². The highest BCUT2D eigenvalue weighted by Gasteiger charge is 2.42. The van der Waals surface area contributed by atoms with Gasteiger partial charge in [-0.1, -0.05) is 38.1 Å². The summed E-state index contributed by atoms with van der Waals surface area (Å²) in [7, 11) is 0. The third-order valence-electron chi connectivity index (χ3n) is 5.86. The van der Waals surface area contributed by atoms with Crippen LogP contribution in [0.15, 0.2) is 36.4 Å². The zero-order valence-electron chi connectivity index (χ0n) is 20.7. The number of amides is 3. The number of para-hydroxylation sites is 1. The average molecular weight is 474 g/mol. The highest BCUT2D eigenvalue weighted by Crippen LogP contribution is 2.28. The number of carbonyl (C=O) groups is 3. The van der Waals surface area contributed by atoms with Gasteiger partial charge >= 0.3 is 6.09 Å². The Labute approximate surface area is 201 Å². The summed E-state index contributed by atoms with van der Waals surface area (Å²) in [6, 6.07) is 6.45. The molecule has 8 heteroatoms. The number of carbonyl (C=O) groups excluding carboxylic acids is 3. The SMILES string of the molecule is CC(C)C[C@@H](C=CC(=O)N1CCc2ccccc21)NC(=O)[C@@H]1C[C@H](F)CN1C(=O)OC(C)(C)C. The van der Waals surface area contributed by atoms with E-state index in [-0.39, 0.29) is 24.8 Å². The van der Waals surface area contributed by atoms with Gasteiger partial charge in [0.1, 0.15) is 17.8 Å². The Hall–Kier alpha value is -2.90. The molecule has 7 nitrogen and oxygen atoms in total. The fourth-order valence-corrected chi connectivity index (χ4v) is 4.38. The molecule has 1 fully saturated rings. The number of anilines is 1. The van der Waals surface area contributed by atoms with E-state index in [1.165, 1.54) is 6.08 Å². The molecule has 0 aromatic heterocycles. The van der Waals surface area contributed by atoms with Crippen LogP contribution in [0.3, 0.4) is 0 Å². The molecule has 0 radical (unpaired) electrons.